The van der Waals surface area contributed by atoms with Gasteiger partial charge in [0.2, 0.25) is 0 Å². The Hall–Kier alpha value is -0.570. The quantitative estimate of drug-likeness (QED) is 0.733. The van der Waals surface area contributed by atoms with Crippen LogP contribution in [-0.4, -0.2) is 17.1 Å². The SMILES string of the molecule is C[C@@H](CC1CCCCC1)C[C@H](N)CC(=O)O. The number of hydrogen-bond acceptors (Lipinski definition) is 2. The highest BCUT2D eigenvalue weighted by atomic mass is 16.4. The number of nitrogens with two attached hydrogens (primary N) is 1. The van der Waals surface area contributed by atoms with Gasteiger partial charge in [-0.1, -0.05) is 39.0 Å². The zero-order chi connectivity index (χ0) is 12.0. The molecule has 1 rings (SSSR count). The second-order valence-electron chi connectivity index (χ2n) is 5.44. The molecule has 2 atom stereocenters. The fourth-order valence-corrected chi connectivity index (χ4v) is 2.91. The van der Waals surface area contributed by atoms with Gasteiger partial charge in [0.1, 0.15) is 0 Å². The average molecular weight is 227 g/mol. The summed E-state index contributed by atoms with van der Waals surface area (Å²) in [6.45, 7) is 2.20. The van der Waals surface area contributed by atoms with E-state index in [1.807, 2.05) is 0 Å². The second kappa shape index (κ2) is 6.89. The van der Waals surface area contributed by atoms with Crippen LogP contribution in [-0.2, 0) is 4.79 Å². The van der Waals surface area contributed by atoms with Gasteiger partial charge in [-0.2, -0.15) is 0 Å². The van der Waals surface area contributed by atoms with Gasteiger partial charge in [-0.05, 0) is 24.7 Å². The first-order valence-corrected chi connectivity index (χ1v) is 6.55. The van der Waals surface area contributed by atoms with E-state index in [0.29, 0.717) is 5.92 Å². The third kappa shape index (κ3) is 5.50. The summed E-state index contributed by atoms with van der Waals surface area (Å²) in [6, 6.07) is -0.170. The van der Waals surface area contributed by atoms with Crippen molar-refractivity contribution in [3.63, 3.8) is 0 Å². The maximum atomic E-state index is 10.5. The lowest BCUT2D eigenvalue weighted by Crippen LogP contribution is -2.26. The van der Waals surface area contributed by atoms with Crippen molar-refractivity contribution < 1.29 is 9.90 Å². The molecule has 0 radical (unpaired) electrons. The number of hydrogen-bond donors (Lipinski definition) is 2. The molecule has 94 valence electrons. The van der Waals surface area contributed by atoms with Gasteiger partial charge in [0.25, 0.3) is 0 Å². The first kappa shape index (κ1) is 13.5. The van der Waals surface area contributed by atoms with Crippen molar-refractivity contribution in [1.29, 1.82) is 0 Å². The van der Waals surface area contributed by atoms with E-state index >= 15 is 0 Å². The predicted octanol–water partition coefficient (Wildman–Crippen LogP) is 2.79. The molecule has 0 heterocycles. The van der Waals surface area contributed by atoms with Crippen molar-refractivity contribution in [1.82, 2.24) is 0 Å². The Bertz CT molecular complexity index is 212. The summed E-state index contributed by atoms with van der Waals surface area (Å²) in [4.78, 5) is 10.5. The number of carboxylic acids is 1. The molecule has 0 saturated heterocycles. The van der Waals surface area contributed by atoms with E-state index in [-0.39, 0.29) is 12.5 Å². The van der Waals surface area contributed by atoms with Crippen LogP contribution in [0.2, 0.25) is 0 Å². The summed E-state index contributed by atoms with van der Waals surface area (Å²) in [7, 11) is 0. The maximum absolute atomic E-state index is 10.5. The van der Waals surface area contributed by atoms with Crippen LogP contribution in [0.4, 0.5) is 0 Å². The lowest BCUT2D eigenvalue weighted by molar-refractivity contribution is -0.137. The van der Waals surface area contributed by atoms with Crippen LogP contribution >= 0.6 is 0 Å². The molecule has 0 aromatic heterocycles. The summed E-state index contributed by atoms with van der Waals surface area (Å²) >= 11 is 0. The monoisotopic (exact) mass is 227 g/mol. The maximum Gasteiger partial charge on any atom is 0.304 e. The molecule has 0 unspecified atom stereocenters. The first-order valence-electron chi connectivity index (χ1n) is 6.55. The summed E-state index contributed by atoms with van der Waals surface area (Å²) in [5, 5.41) is 8.64. The van der Waals surface area contributed by atoms with Crippen LogP contribution in [0.5, 0.6) is 0 Å². The zero-order valence-electron chi connectivity index (χ0n) is 10.3. The first-order chi connectivity index (χ1) is 7.58. The minimum atomic E-state index is -0.780. The molecule has 0 aliphatic heterocycles. The van der Waals surface area contributed by atoms with E-state index in [1.165, 1.54) is 38.5 Å². The third-order valence-electron chi connectivity index (χ3n) is 3.60. The Balaban J connectivity index is 2.18. The Labute approximate surface area is 98.4 Å². The van der Waals surface area contributed by atoms with Gasteiger partial charge in [-0.25, -0.2) is 0 Å². The van der Waals surface area contributed by atoms with Crippen molar-refractivity contribution in [2.45, 2.75) is 64.3 Å². The second-order valence-corrected chi connectivity index (χ2v) is 5.44. The minimum absolute atomic E-state index is 0.106. The van der Waals surface area contributed by atoms with Crippen LogP contribution in [0.3, 0.4) is 0 Å². The molecule has 1 aliphatic carbocycles. The van der Waals surface area contributed by atoms with E-state index < -0.39 is 5.97 Å². The molecule has 0 spiro atoms. The molecule has 0 aromatic rings. The predicted molar refractivity (Wildman–Crippen MR) is 65.2 cm³/mol. The van der Waals surface area contributed by atoms with Gasteiger partial charge in [-0.15, -0.1) is 0 Å². The largest absolute Gasteiger partial charge is 0.481 e. The number of carbonyl (C=O) groups is 1. The smallest absolute Gasteiger partial charge is 0.304 e. The Morgan fingerprint density at radius 2 is 2.00 bits per heavy atom. The van der Waals surface area contributed by atoms with Crippen LogP contribution in [0.1, 0.15) is 58.3 Å². The van der Waals surface area contributed by atoms with Crippen LogP contribution in [0.25, 0.3) is 0 Å². The Kier molecular flexibility index (Phi) is 5.81. The summed E-state index contributed by atoms with van der Waals surface area (Å²) in [6.07, 6.45) is 9.04. The van der Waals surface area contributed by atoms with Crippen LogP contribution in [0.15, 0.2) is 0 Å². The molecule has 1 aliphatic rings. The lowest BCUT2D eigenvalue weighted by atomic mass is 9.81. The van der Waals surface area contributed by atoms with E-state index in [4.69, 9.17) is 10.8 Å². The molecule has 0 amide bonds. The summed E-state index contributed by atoms with van der Waals surface area (Å²) < 4.78 is 0. The van der Waals surface area contributed by atoms with Crippen LogP contribution < -0.4 is 5.73 Å². The highest BCUT2D eigenvalue weighted by Gasteiger charge is 2.18. The molecule has 1 fully saturated rings. The summed E-state index contributed by atoms with van der Waals surface area (Å²) in [5.41, 5.74) is 5.80. The average Bonchev–Trinajstić information content (AvgIpc) is 2.17. The number of aliphatic carboxylic acids is 1. The number of rotatable bonds is 6. The minimum Gasteiger partial charge on any atom is -0.481 e. The molecule has 16 heavy (non-hydrogen) atoms. The van der Waals surface area contributed by atoms with Gasteiger partial charge >= 0.3 is 5.97 Å². The summed E-state index contributed by atoms with van der Waals surface area (Å²) in [5.74, 6) is 0.649. The third-order valence-corrected chi connectivity index (χ3v) is 3.60. The Morgan fingerprint density at radius 3 is 2.56 bits per heavy atom. The Morgan fingerprint density at radius 1 is 1.38 bits per heavy atom. The van der Waals surface area contributed by atoms with E-state index in [0.717, 1.165) is 12.3 Å². The lowest BCUT2D eigenvalue weighted by Gasteiger charge is -2.25. The van der Waals surface area contributed by atoms with E-state index in [2.05, 4.69) is 6.92 Å². The fourth-order valence-electron chi connectivity index (χ4n) is 2.91. The van der Waals surface area contributed by atoms with Crippen molar-refractivity contribution in [2.75, 3.05) is 0 Å². The highest BCUT2D eigenvalue weighted by molar-refractivity contribution is 5.67. The number of carboxylic acid groups (broad SMARTS) is 1. The topological polar surface area (TPSA) is 63.3 Å². The van der Waals surface area contributed by atoms with Crippen molar-refractivity contribution in [3.8, 4) is 0 Å². The molecular weight excluding hydrogens is 202 g/mol. The zero-order valence-corrected chi connectivity index (χ0v) is 10.3. The molecule has 0 aromatic carbocycles. The van der Waals surface area contributed by atoms with E-state index in [9.17, 15) is 4.79 Å². The van der Waals surface area contributed by atoms with Gasteiger partial charge in [0, 0.05) is 6.04 Å². The van der Waals surface area contributed by atoms with Gasteiger partial charge in [0.15, 0.2) is 0 Å². The van der Waals surface area contributed by atoms with Crippen molar-refractivity contribution in [3.05, 3.63) is 0 Å². The molecule has 3 N–H and O–H groups in total. The molecule has 0 bridgehead atoms. The molecule has 3 heteroatoms. The van der Waals surface area contributed by atoms with E-state index in [1.54, 1.807) is 0 Å². The standard InChI is InChI=1S/C13H25NO2/c1-10(8-12(14)9-13(15)16)7-11-5-3-2-4-6-11/h10-12H,2-9,14H2,1H3,(H,15,16)/t10-,12-/m0/s1. The normalized spacial score (nSPS) is 21.6. The van der Waals surface area contributed by atoms with Gasteiger partial charge in [0.05, 0.1) is 6.42 Å². The fraction of sp³-hybridized carbons (Fsp3) is 0.923. The van der Waals surface area contributed by atoms with Gasteiger partial charge in [-0.3, -0.25) is 4.79 Å². The highest BCUT2D eigenvalue weighted by Crippen LogP contribution is 2.30. The van der Waals surface area contributed by atoms with Gasteiger partial charge < -0.3 is 10.8 Å². The molecule has 1 saturated carbocycles. The molecular formula is C13H25NO2. The van der Waals surface area contributed by atoms with Crippen LogP contribution in [0, 0.1) is 11.8 Å². The van der Waals surface area contributed by atoms with Crippen molar-refractivity contribution in [2.24, 2.45) is 17.6 Å². The van der Waals surface area contributed by atoms with Crippen molar-refractivity contribution >= 4 is 5.97 Å². The molecule has 3 nitrogen and oxygen atoms in total.